The Kier molecular flexibility index (Phi) is 8.29. The summed E-state index contributed by atoms with van der Waals surface area (Å²) in [4.78, 5) is 43.3. The molecule has 0 aliphatic carbocycles. The minimum absolute atomic E-state index is 0.191. The molecular formula is C28H28N2O9S. The van der Waals surface area contributed by atoms with Gasteiger partial charge < -0.3 is 28.4 Å². The predicted octanol–water partition coefficient (Wildman–Crippen LogP) is 2.37. The van der Waals surface area contributed by atoms with E-state index in [0.717, 1.165) is 0 Å². The fourth-order valence-corrected chi connectivity index (χ4v) is 5.48. The van der Waals surface area contributed by atoms with Gasteiger partial charge in [-0.25, -0.2) is 9.79 Å². The summed E-state index contributed by atoms with van der Waals surface area (Å²) in [6.45, 7) is 2.96. The first-order valence-corrected chi connectivity index (χ1v) is 12.8. The highest BCUT2D eigenvalue weighted by molar-refractivity contribution is 7.07. The number of hydrogen-bond acceptors (Lipinski definition) is 11. The van der Waals surface area contributed by atoms with Crippen LogP contribution in [0.3, 0.4) is 0 Å². The molecule has 0 radical (unpaired) electrons. The second kappa shape index (κ2) is 11.7. The number of fused-ring (bicyclic) bond motifs is 1. The average Bonchev–Trinajstić information content (AvgIpc) is 3.24. The Balaban J connectivity index is 1.96. The number of carbonyl (C=O) groups is 2. The lowest BCUT2D eigenvalue weighted by atomic mass is 9.95. The summed E-state index contributed by atoms with van der Waals surface area (Å²) < 4.78 is 33.8. The molecule has 2 aromatic carbocycles. The molecule has 0 bridgehead atoms. The number of aromatic nitrogens is 1. The molecule has 0 saturated heterocycles. The third-order valence-corrected chi connectivity index (χ3v) is 7.15. The van der Waals surface area contributed by atoms with Gasteiger partial charge in [0.2, 0.25) is 5.75 Å². The Bertz CT molecular complexity index is 1680. The summed E-state index contributed by atoms with van der Waals surface area (Å²) in [5, 5.41) is 0. The SMILES string of the molecule is COC(=O)C1=C(C)N=c2s/c(=C/c3cc(OC)c(OC)c(OC)c3)c(=O)n2C1c1ccc(OC(C)=O)c(OC)c1. The lowest BCUT2D eigenvalue weighted by molar-refractivity contribution is -0.136. The highest BCUT2D eigenvalue weighted by atomic mass is 32.1. The van der Waals surface area contributed by atoms with Gasteiger partial charge >= 0.3 is 11.9 Å². The van der Waals surface area contributed by atoms with Crippen molar-refractivity contribution in [3.8, 4) is 28.7 Å². The van der Waals surface area contributed by atoms with Crippen LogP contribution in [0.5, 0.6) is 28.7 Å². The summed E-state index contributed by atoms with van der Waals surface area (Å²) in [5.41, 5.74) is 1.38. The number of carbonyl (C=O) groups excluding carboxylic acids is 2. The van der Waals surface area contributed by atoms with Gasteiger partial charge in [-0.2, -0.15) is 0 Å². The van der Waals surface area contributed by atoms with Crippen LogP contribution in [0.25, 0.3) is 6.08 Å². The standard InChI is InChI=1S/C28H28N2O9S/c1-14-23(27(33)38-7)24(17-8-9-18(39-15(2)31)19(13-17)34-3)30-26(32)22(40-28(30)29-14)12-16-10-20(35-4)25(37-6)21(11-16)36-5/h8-13,24H,1-7H3/b22-12+. The van der Waals surface area contributed by atoms with Crippen LogP contribution < -0.4 is 38.6 Å². The van der Waals surface area contributed by atoms with E-state index in [4.69, 9.17) is 28.4 Å². The number of nitrogens with zero attached hydrogens (tertiary/aromatic N) is 2. The van der Waals surface area contributed by atoms with Crippen molar-refractivity contribution in [2.24, 2.45) is 4.99 Å². The third kappa shape index (κ3) is 5.17. The minimum atomic E-state index is -0.883. The summed E-state index contributed by atoms with van der Waals surface area (Å²) >= 11 is 1.17. The van der Waals surface area contributed by atoms with E-state index in [1.165, 1.54) is 58.4 Å². The van der Waals surface area contributed by atoms with Crippen molar-refractivity contribution >= 4 is 29.4 Å². The summed E-state index contributed by atoms with van der Waals surface area (Å²) in [5.74, 6) is 0.600. The van der Waals surface area contributed by atoms with Crippen molar-refractivity contribution in [2.75, 3.05) is 35.5 Å². The van der Waals surface area contributed by atoms with E-state index in [1.807, 2.05) is 0 Å². The highest BCUT2D eigenvalue weighted by Crippen LogP contribution is 2.39. The Morgan fingerprint density at radius 2 is 1.57 bits per heavy atom. The van der Waals surface area contributed by atoms with Crippen LogP contribution in [0.15, 0.2) is 51.4 Å². The van der Waals surface area contributed by atoms with Crippen LogP contribution >= 0.6 is 11.3 Å². The van der Waals surface area contributed by atoms with Crippen molar-refractivity contribution in [3.63, 3.8) is 0 Å². The van der Waals surface area contributed by atoms with Crippen molar-refractivity contribution in [3.05, 3.63) is 72.4 Å². The van der Waals surface area contributed by atoms with Crippen LogP contribution in [-0.4, -0.2) is 52.1 Å². The molecule has 40 heavy (non-hydrogen) atoms. The van der Waals surface area contributed by atoms with Crippen molar-refractivity contribution in [1.29, 1.82) is 0 Å². The van der Waals surface area contributed by atoms with Crippen LogP contribution in [0.2, 0.25) is 0 Å². The maximum atomic E-state index is 13.9. The van der Waals surface area contributed by atoms with E-state index in [9.17, 15) is 14.4 Å². The first-order chi connectivity index (χ1) is 19.2. The van der Waals surface area contributed by atoms with Crippen LogP contribution in [0.4, 0.5) is 0 Å². The molecule has 0 spiro atoms. The third-order valence-electron chi connectivity index (χ3n) is 6.17. The van der Waals surface area contributed by atoms with Gasteiger partial charge in [0.1, 0.15) is 0 Å². The van der Waals surface area contributed by atoms with Crippen LogP contribution in [0, 0.1) is 0 Å². The average molecular weight is 569 g/mol. The minimum Gasteiger partial charge on any atom is -0.493 e. The number of hydrogen-bond donors (Lipinski definition) is 0. The lowest BCUT2D eigenvalue weighted by Gasteiger charge is -2.25. The van der Waals surface area contributed by atoms with Gasteiger partial charge in [-0.1, -0.05) is 17.4 Å². The van der Waals surface area contributed by atoms with Crippen molar-refractivity contribution in [1.82, 2.24) is 4.57 Å². The summed E-state index contributed by atoms with van der Waals surface area (Å²) in [6, 6.07) is 7.38. The number of allylic oxidation sites excluding steroid dienone is 1. The maximum Gasteiger partial charge on any atom is 0.338 e. The molecule has 3 aromatic rings. The Morgan fingerprint density at radius 1 is 0.925 bits per heavy atom. The second-order valence-corrected chi connectivity index (χ2v) is 9.55. The summed E-state index contributed by atoms with van der Waals surface area (Å²) in [7, 11) is 7.21. The molecule has 1 aliphatic heterocycles. The largest absolute Gasteiger partial charge is 0.493 e. The molecule has 1 aliphatic rings. The van der Waals surface area contributed by atoms with Gasteiger partial charge in [0.25, 0.3) is 5.56 Å². The van der Waals surface area contributed by atoms with Gasteiger partial charge in [0, 0.05) is 6.92 Å². The van der Waals surface area contributed by atoms with Gasteiger partial charge in [0.05, 0.1) is 57.4 Å². The van der Waals surface area contributed by atoms with Crippen LogP contribution in [0.1, 0.15) is 31.0 Å². The van der Waals surface area contributed by atoms with E-state index < -0.39 is 18.0 Å². The number of benzene rings is 2. The lowest BCUT2D eigenvalue weighted by Crippen LogP contribution is -2.39. The van der Waals surface area contributed by atoms with Gasteiger partial charge in [-0.3, -0.25) is 14.2 Å². The van der Waals surface area contributed by atoms with Gasteiger partial charge in [0.15, 0.2) is 27.8 Å². The fraction of sp³-hybridized carbons (Fsp3) is 0.286. The Hall–Kier alpha value is -4.58. The second-order valence-electron chi connectivity index (χ2n) is 8.54. The molecule has 2 heterocycles. The van der Waals surface area contributed by atoms with E-state index in [-0.39, 0.29) is 22.6 Å². The normalized spacial score (nSPS) is 14.7. The van der Waals surface area contributed by atoms with E-state index in [2.05, 4.69) is 4.99 Å². The van der Waals surface area contributed by atoms with E-state index in [1.54, 1.807) is 43.3 Å². The summed E-state index contributed by atoms with van der Waals surface area (Å²) in [6.07, 6.45) is 1.69. The zero-order valence-electron chi connectivity index (χ0n) is 23.0. The Labute approximate surface area is 233 Å². The molecule has 1 aromatic heterocycles. The molecule has 11 nitrogen and oxygen atoms in total. The van der Waals surface area contributed by atoms with E-state index >= 15 is 0 Å². The molecule has 0 amide bonds. The van der Waals surface area contributed by atoms with Crippen LogP contribution in [-0.2, 0) is 14.3 Å². The smallest absolute Gasteiger partial charge is 0.338 e. The first-order valence-electron chi connectivity index (χ1n) is 11.9. The maximum absolute atomic E-state index is 13.9. The molecular weight excluding hydrogens is 540 g/mol. The zero-order chi connectivity index (χ0) is 29.1. The quantitative estimate of drug-likeness (QED) is 0.298. The zero-order valence-corrected chi connectivity index (χ0v) is 23.8. The molecule has 210 valence electrons. The Morgan fingerprint density at radius 3 is 2.12 bits per heavy atom. The number of rotatable bonds is 8. The number of esters is 2. The first kappa shape index (κ1) is 28.4. The van der Waals surface area contributed by atoms with Crippen molar-refractivity contribution < 1.29 is 38.0 Å². The van der Waals surface area contributed by atoms with Gasteiger partial charge in [-0.15, -0.1) is 0 Å². The fourth-order valence-electron chi connectivity index (χ4n) is 4.44. The molecule has 0 saturated carbocycles. The molecule has 1 unspecified atom stereocenters. The number of ether oxygens (including phenoxy) is 6. The number of thiazole rings is 1. The molecule has 0 fully saturated rings. The molecule has 4 rings (SSSR count). The van der Waals surface area contributed by atoms with E-state index in [0.29, 0.717) is 43.4 Å². The predicted molar refractivity (Wildman–Crippen MR) is 146 cm³/mol. The molecule has 1 atom stereocenters. The molecule has 0 N–H and O–H groups in total. The monoisotopic (exact) mass is 568 g/mol. The molecule has 12 heteroatoms. The van der Waals surface area contributed by atoms with Gasteiger partial charge in [-0.05, 0) is 48.4 Å². The number of methoxy groups -OCH3 is 5. The topological polar surface area (TPSA) is 124 Å². The highest BCUT2D eigenvalue weighted by Gasteiger charge is 2.33. The van der Waals surface area contributed by atoms with Crippen molar-refractivity contribution in [2.45, 2.75) is 19.9 Å².